The molecule has 1 aromatic heterocycles. The Hall–Kier alpha value is -2.07. The topological polar surface area (TPSA) is 54.3 Å². The second-order valence-electron chi connectivity index (χ2n) is 5.48. The van der Waals surface area contributed by atoms with Crippen LogP contribution in [0.3, 0.4) is 0 Å². The van der Waals surface area contributed by atoms with E-state index in [2.05, 4.69) is 9.88 Å². The minimum Gasteiger partial charge on any atom is -0.396 e. The minimum absolute atomic E-state index is 0.0451. The number of nitrogens with one attached hydrogen (secondary N) is 1. The summed E-state index contributed by atoms with van der Waals surface area (Å²) in [7, 11) is 0. The van der Waals surface area contributed by atoms with Crippen molar-refractivity contribution in [3.63, 3.8) is 0 Å². The summed E-state index contributed by atoms with van der Waals surface area (Å²) >= 11 is 0. The van der Waals surface area contributed by atoms with E-state index in [0.29, 0.717) is 18.2 Å². The van der Waals surface area contributed by atoms with Crippen molar-refractivity contribution in [1.82, 2.24) is 9.88 Å². The van der Waals surface area contributed by atoms with E-state index in [1.807, 2.05) is 48.7 Å². The Morgan fingerprint density at radius 1 is 1.24 bits per heavy atom. The first-order valence-corrected chi connectivity index (χ1v) is 7.43. The van der Waals surface area contributed by atoms with Gasteiger partial charge in [0.25, 0.3) is 5.91 Å². The quantitative estimate of drug-likeness (QED) is 0.857. The summed E-state index contributed by atoms with van der Waals surface area (Å²) < 4.78 is 2.05. The number of aliphatic hydroxyl groups is 1. The third-order valence-electron chi connectivity index (χ3n) is 3.88. The van der Waals surface area contributed by atoms with Crippen molar-refractivity contribution in [2.24, 2.45) is 0 Å². The average molecular weight is 284 g/mol. The van der Waals surface area contributed by atoms with Crippen LogP contribution in [0.5, 0.6) is 0 Å². The zero-order valence-corrected chi connectivity index (χ0v) is 11.9. The van der Waals surface area contributed by atoms with Crippen LogP contribution in [0, 0.1) is 0 Å². The lowest BCUT2D eigenvalue weighted by atomic mass is 10.0. The van der Waals surface area contributed by atoms with Crippen molar-refractivity contribution in [2.45, 2.75) is 31.3 Å². The van der Waals surface area contributed by atoms with Gasteiger partial charge in [0.15, 0.2) is 0 Å². The molecule has 0 saturated heterocycles. The molecule has 21 heavy (non-hydrogen) atoms. The summed E-state index contributed by atoms with van der Waals surface area (Å²) in [6, 6.07) is 13.9. The molecule has 110 valence electrons. The molecule has 1 atom stereocenters. The highest BCUT2D eigenvalue weighted by atomic mass is 16.3. The molecule has 4 nitrogen and oxygen atoms in total. The number of amides is 1. The van der Waals surface area contributed by atoms with Gasteiger partial charge in [-0.25, -0.2) is 0 Å². The van der Waals surface area contributed by atoms with Crippen molar-refractivity contribution >= 4 is 5.91 Å². The van der Waals surface area contributed by atoms with E-state index < -0.39 is 0 Å². The van der Waals surface area contributed by atoms with E-state index in [1.165, 1.54) is 0 Å². The maximum absolute atomic E-state index is 12.5. The SMILES string of the molecule is O=C(NC(CCO)c1ccccc1)c1cccn1C1CC1. The van der Waals surface area contributed by atoms with Gasteiger partial charge < -0.3 is 15.0 Å². The number of benzene rings is 1. The fourth-order valence-electron chi connectivity index (χ4n) is 2.63. The molecule has 1 saturated carbocycles. The van der Waals surface area contributed by atoms with Gasteiger partial charge >= 0.3 is 0 Å². The van der Waals surface area contributed by atoms with Crippen molar-refractivity contribution in [1.29, 1.82) is 0 Å². The molecule has 0 bridgehead atoms. The second-order valence-corrected chi connectivity index (χ2v) is 5.48. The van der Waals surface area contributed by atoms with E-state index in [9.17, 15) is 9.90 Å². The van der Waals surface area contributed by atoms with Gasteiger partial charge in [-0.2, -0.15) is 0 Å². The Kier molecular flexibility index (Phi) is 4.06. The van der Waals surface area contributed by atoms with Crippen LogP contribution < -0.4 is 5.32 Å². The largest absolute Gasteiger partial charge is 0.396 e. The highest BCUT2D eigenvalue weighted by Crippen LogP contribution is 2.36. The Balaban J connectivity index is 1.76. The smallest absolute Gasteiger partial charge is 0.268 e. The molecule has 1 unspecified atom stereocenters. The number of aliphatic hydroxyl groups excluding tert-OH is 1. The highest BCUT2D eigenvalue weighted by Gasteiger charge is 2.27. The predicted molar refractivity (Wildman–Crippen MR) is 81.1 cm³/mol. The summed E-state index contributed by atoms with van der Waals surface area (Å²) in [4.78, 5) is 12.5. The number of aromatic nitrogens is 1. The second kappa shape index (κ2) is 6.14. The van der Waals surface area contributed by atoms with Crippen molar-refractivity contribution in [2.75, 3.05) is 6.61 Å². The van der Waals surface area contributed by atoms with Crippen LogP contribution in [0.4, 0.5) is 0 Å². The average Bonchev–Trinajstić information content (AvgIpc) is 3.24. The van der Waals surface area contributed by atoms with Gasteiger partial charge in [0.1, 0.15) is 5.69 Å². The number of hydrogen-bond acceptors (Lipinski definition) is 2. The van der Waals surface area contributed by atoms with Gasteiger partial charge in [-0.15, -0.1) is 0 Å². The first kappa shape index (κ1) is 13.9. The summed E-state index contributed by atoms with van der Waals surface area (Å²) in [5.74, 6) is -0.0748. The number of carbonyl (C=O) groups is 1. The maximum atomic E-state index is 12.5. The molecule has 0 spiro atoms. The highest BCUT2D eigenvalue weighted by molar-refractivity contribution is 5.93. The van der Waals surface area contributed by atoms with Gasteiger partial charge in [0.05, 0.1) is 6.04 Å². The molecule has 1 aromatic carbocycles. The number of rotatable bonds is 6. The normalized spacial score (nSPS) is 15.7. The van der Waals surface area contributed by atoms with Gasteiger partial charge in [-0.3, -0.25) is 4.79 Å². The number of hydrogen-bond donors (Lipinski definition) is 2. The summed E-state index contributed by atoms with van der Waals surface area (Å²) in [6.45, 7) is 0.0451. The van der Waals surface area contributed by atoms with Gasteiger partial charge in [0, 0.05) is 18.8 Å². The van der Waals surface area contributed by atoms with E-state index in [-0.39, 0.29) is 18.6 Å². The van der Waals surface area contributed by atoms with Crippen LogP contribution in [-0.2, 0) is 0 Å². The first-order chi connectivity index (χ1) is 10.3. The number of nitrogens with zero attached hydrogens (tertiary/aromatic N) is 1. The Morgan fingerprint density at radius 2 is 2.00 bits per heavy atom. The Bertz CT molecular complexity index is 602. The fourth-order valence-corrected chi connectivity index (χ4v) is 2.63. The van der Waals surface area contributed by atoms with Crippen molar-refractivity contribution in [3.8, 4) is 0 Å². The summed E-state index contributed by atoms with van der Waals surface area (Å²) in [5, 5.41) is 12.3. The molecule has 0 radical (unpaired) electrons. The lowest BCUT2D eigenvalue weighted by molar-refractivity contribution is 0.0920. The van der Waals surface area contributed by atoms with Crippen LogP contribution in [-0.4, -0.2) is 22.2 Å². The van der Waals surface area contributed by atoms with E-state index in [4.69, 9.17) is 0 Å². The monoisotopic (exact) mass is 284 g/mol. The Morgan fingerprint density at radius 3 is 2.67 bits per heavy atom. The van der Waals surface area contributed by atoms with Crippen molar-refractivity contribution in [3.05, 3.63) is 59.9 Å². The van der Waals surface area contributed by atoms with Crippen LogP contribution in [0.2, 0.25) is 0 Å². The lowest BCUT2D eigenvalue weighted by Crippen LogP contribution is -2.30. The molecular weight excluding hydrogens is 264 g/mol. The molecule has 1 aliphatic carbocycles. The zero-order valence-electron chi connectivity index (χ0n) is 11.9. The molecule has 1 heterocycles. The summed E-state index contributed by atoms with van der Waals surface area (Å²) in [6.07, 6.45) is 4.78. The van der Waals surface area contributed by atoms with Crippen LogP contribution in [0.1, 0.15) is 47.4 Å². The van der Waals surface area contributed by atoms with Crippen LogP contribution in [0.15, 0.2) is 48.7 Å². The van der Waals surface area contributed by atoms with E-state index in [0.717, 1.165) is 18.4 Å². The van der Waals surface area contributed by atoms with E-state index in [1.54, 1.807) is 0 Å². The molecule has 1 aliphatic rings. The van der Waals surface area contributed by atoms with Crippen molar-refractivity contribution < 1.29 is 9.90 Å². The van der Waals surface area contributed by atoms with Crippen LogP contribution in [0.25, 0.3) is 0 Å². The summed E-state index contributed by atoms with van der Waals surface area (Å²) in [5.41, 5.74) is 1.72. The van der Waals surface area contributed by atoms with Gasteiger partial charge in [0.2, 0.25) is 0 Å². The predicted octanol–water partition coefficient (Wildman–Crippen LogP) is 2.68. The standard InChI is InChI=1S/C17H20N2O2/c20-12-10-15(13-5-2-1-3-6-13)18-17(21)16-7-4-11-19(16)14-8-9-14/h1-7,11,14-15,20H,8-10,12H2,(H,18,21). The molecule has 2 N–H and O–H groups in total. The fraction of sp³-hybridized carbons (Fsp3) is 0.353. The molecule has 4 heteroatoms. The van der Waals surface area contributed by atoms with Gasteiger partial charge in [-0.05, 0) is 37.0 Å². The Labute approximate surface area is 124 Å². The lowest BCUT2D eigenvalue weighted by Gasteiger charge is -2.19. The first-order valence-electron chi connectivity index (χ1n) is 7.43. The molecule has 1 fully saturated rings. The molecule has 2 aromatic rings. The molecule has 1 amide bonds. The van der Waals surface area contributed by atoms with Gasteiger partial charge in [-0.1, -0.05) is 30.3 Å². The third kappa shape index (κ3) is 3.16. The zero-order chi connectivity index (χ0) is 14.7. The molecule has 3 rings (SSSR count). The van der Waals surface area contributed by atoms with Crippen LogP contribution >= 0.6 is 0 Å². The molecular formula is C17H20N2O2. The minimum atomic E-state index is -0.161. The molecule has 0 aliphatic heterocycles. The third-order valence-corrected chi connectivity index (χ3v) is 3.88. The maximum Gasteiger partial charge on any atom is 0.268 e. The number of carbonyl (C=O) groups excluding carboxylic acids is 1. The van der Waals surface area contributed by atoms with E-state index >= 15 is 0 Å².